The average molecular weight is 312 g/mol. The van der Waals surface area contributed by atoms with Crippen LogP contribution in [0.3, 0.4) is 0 Å². The first-order valence-electron chi connectivity index (χ1n) is 8.36. The molecule has 0 bridgehead atoms. The van der Waals surface area contributed by atoms with Gasteiger partial charge in [0, 0.05) is 23.2 Å². The van der Waals surface area contributed by atoms with Crippen LogP contribution in [-0.4, -0.2) is 34.5 Å². The van der Waals surface area contributed by atoms with E-state index in [2.05, 4.69) is 18.8 Å². The number of carbonyl (C=O) groups excluding carboxylic acids is 1. The topological polar surface area (TPSA) is 42.4 Å². The van der Waals surface area contributed by atoms with E-state index in [0.29, 0.717) is 17.8 Å². The van der Waals surface area contributed by atoms with Gasteiger partial charge in [0.2, 0.25) is 0 Å². The second-order valence-electron chi connectivity index (χ2n) is 6.50. The molecule has 0 saturated carbocycles. The standard InChI is InChI=1S/C19H24N2O2/c1-13-10-11-16-8-5-9-17(19(16)20-13)23-12-18(22)21-14(2)6-4-7-15(21)3/h5,8-11,14-15H,4,6-7,12H2,1-3H3/t14-,15-/m0/s1. The number of ether oxygens (including phenoxy) is 1. The van der Waals surface area contributed by atoms with Gasteiger partial charge >= 0.3 is 0 Å². The minimum Gasteiger partial charge on any atom is -0.481 e. The first kappa shape index (κ1) is 15.8. The van der Waals surface area contributed by atoms with Crippen molar-refractivity contribution in [3.8, 4) is 5.75 Å². The van der Waals surface area contributed by atoms with Crippen LogP contribution in [0.1, 0.15) is 38.8 Å². The van der Waals surface area contributed by atoms with Crippen molar-refractivity contribution < 1.29 is 9.53 Å². The summed E-state index contributed by atoms with van der Waals surface area (Å²) in [6, 6.07) is 10.4. The summed E-state index contributed by atoms with van der Waals surface area (Å²) in [7, 11) is 0. The maximum atomic E-state index is 12.6. The zero-order chi connectivity index (χ0) is 16.4. The van der Waals surface area contributed by atoms with Crippen molar-refractivity contribution in [3.05, 3.63) is 36.0 Å². The molecule has 1 aliphatic heterocycles. The Morgan fingerprint density at radius 3 is 2.70 bits per heavy atom. The van der Waals surface area contributed by atoms with Gasteiger partial charge in [-0.2, -0.15) is 0 Å². The molecule has 122 valence electrons. The van der Waals surface area contributed by atoms with Gasteiger partial charge in [-0.1, -0.05) is 18.2 Å². The van der Waals surface area contributed by atoms with Gasteiger partial charge in [-0.3, -0.25) is 4.79 Å². The fourth-order valence-corrected chi connectivity index (χ4v) is 3.46. The van der Waals surface area contributed by atoms with E-state index in [1.165, 1.54) is 6.42 Å². The molecule has 4 heteroatoms. The van der Waals surface area contributed by atoms with E-state index in [1.54, 1.807) is 0 Å². The Morgan fingerprint density at radius 2 is 1.96 bits per heavy atom. The second kappa shape index (κ2) is 6.57. The smallest absolute Gasteiger partial charge is 0.260 e. The van der Waals surface area contributed by atoms with Crippen LogP contribution in [0.2, 0.25) is 0 Å². The number of aryl methyl sites for hydroxylation is 1. The van der Waals surface area contributed by atoms with Crippen LogP contribution in [-0.2, 0) is 4.79 Å². The summed E-state index contributed by atoms with van der Waals surface area (Å²) in [5, 5.41) is 1.03. The number of fused-ring (bicyclic) bond motifs is 1. The Hall–Kier alpha value is -2.10. The molecule has 2 aromatic rings. The summed E-state index contributed by atoms with van der Waals surface area (Å²) in [6.45, 7) is 6.27. The molecule has 1 aromatic heterocycles. The Balaban J connectivity index is 1.75. The van der Waals surface area contributed by atoms with Gasteiger partial charge in [-0.05, 0) is 52.2 Å². The number of piperidine rings is 1. The van der Waals surface area contributed by atoms with Crippen molar-refractivity contribution in [2.75, 3.05) is 6.61 Å². The molecule has 1 saturated heterocycles. The maximum absolute atomic E-state index is 12.6. The van der Waals surface area contributed by atoms with Crippen molar-refractivity contribution in [1.29, 1.82) is 0 Å². The molecule has 0 unspecified atom stereocenters. The lowest BCUT2D eigenvalue weighted by Gasteiger charge is -2.39. The zero-order valence-corrected chi connectivity index (χ0v) is 14.1. The van der Waals surface area contributed by atoms with Gasteiger partial charge < -0.3 is 9.64 Å². The number of benzene rings is 1. The minimum atomic E-state index is 0.0642. The number of para-hydroxylation sites is 1. The Morgan fingerprint density at radius 1 is 1.22 bits per heavy atom. The van der Waals surface area contributed by atoms with E-state index >= 15 is 0 Å². The van der Waals surface area contributed by atoms with Crippen molar-refractivity contribution in [2.24, 2.45) is 0 Å². The zero-order valence-electron chi connectivity index (χ0n) is 14.1. The SMILES string of the molecule is Cc1ccc2cccc(OCC(=O)N3[C@@H](C)CCC[C@@H]3C)c2n1. The lowest BCUT2D eigenvalue weighted by molar-refractivity contribution is -0.139. The monoisotopic (exact) mass is 312 g/mol. The highest BCUT2D eigenvalue weighted by molar-refractivity contribution is 5.85. The largest absolute Gasteiger partial charge is 0.481 e. The van der Waals surface area contributed by atoms with Gasteiger partial charge in [0.25, 0.3) is 5.91 Å². The molecule has 0 radical (unpaired) electrons. The summed E-state index contributed by atoms with van der Waals surface area (Å²) < 4.78 is 5.83. The van der Waals surface area contributed by atoms with E-state index < -0.39 is 0 Å². The number of amides is 1. The van der Waals surface area contributed by atoms with Crippen LogP contribution in [0.5, 0.6) is 5.75 Å². The first-order valence-corrected chi connectivity index (χ1v) is 8.36. The van der Waals surface area contributed by atoms with Gasteiger partial charge in [-0.15, -0.1) is 0 Å². The van der Waals surface area contributed by atoms with E-state index in [9.17, 15) is 4.79 Å². The second-order valence-corrected chi connectivity index (χ2v) is 6.50. The van der Waals surface area contributed by atoms with E-state index in [1.807, 2.05) is 42.2 Å². The summed E-state index contributed by atoms with van der Waals surface area (Å²) in [5.74, 6) is 0.742. The number of hydrogen-bond acceptors (Lipinski definition) is 3. The van der Waals surface area contributed by atoms with Gasteiger partial charge in [-0.25, -0.2) is 4.98 Å². The number of hydrogen-bond donors (Lipinski definition) is 0. The van der Waals surface area contributed by atoms with E-state index in [0.717, 1.165) is 29.4 Å². The third kappa shape index (κ3) is 3.31. The quantitative estimate of drug-likeness (QED) is 0.867. The summed E-state index contributed by atoms with van der Waals surface area (Å²) in [5.41, 5.74) is 1.76. The van der Waals surface area contributed by atoms with E-state index in [4.69, 9.17) is 4.74 Å². The average Bonchev–Trinajstić information content (AvgIpc) is 2.52. The molecule has 1 amide bonds. The van der Waals surface area contributed by atoms with Crippen LogP contribution in [0.4, 0.5) is 0 Å². The van der Waals surface area contributed by atoms with Gasteiger partial charge in [0.1, 0.15) is 11.3 Å². The van der Waals surface area contributed by atoms with Crippen LogP contribution in [0.25, 0.3) is 10.9 Å². The molecule has 4 nitrogen and oxygen atoms in total. The molecule has 1 fully saturated rings. The van der Waals surface area contributed by atoms with Crippen molar-refractivity contribution >= 4 is 16.8 Å². The summed E-state index contributed by atoms with van der Waals surface area (Å²) >= 11 is 0. The van der Waals surface area contributed by atoms with Crippen LogP contribution in [0.15, 0.2) is 30.3 Å². The Bertz CT molecular complexity index is 704. The highest BCUT2D eigenvalue weighted by Gasteiger charge is 2.29. The molecule has 0 N–H and O–H groups in total. The number of aromatic nitrogens is 1. The number of nitrogens with zero attached hydrogens (tertiary/aromatic N) is 2. The predicted octanol–water partition coefficient (Wildman–Crippen LogP) is 3.71. The van der Waals surface area contributed by atoms with Crippen LogP contribution >= 0.6 is 0 Å². The summed E-state index contributed by atoms with van der Waals surface area (Å²) in [4.78, 5) is 19.1. The fourth-order valence-electron chi connectivity index (χ4n) is 3.46. The number of pyridine rings is 1. The molecule has 2 heterocycles. The number of likely N-dealkylation sites (tertiary alicyclic amines) is 1. The van der Waals surface area contributed by atoms with E-state index in [-0.39, 0.29) is 12.5 Å². The van der Waals surface area contributed by atoms with Crippen LogP contribution < -0.4 is 4.74 Å². The predicted molar refractivity (Wildman–Crippen MR) is 91.6 cm³/mol. The normalized spacial score (nSPS) is 21.4. The Kier molecular flexibility index (Phi) is 4.51. The number of carbonyl (C=O) groups is 1. The third-order valence-corrected chi connectivity index (χ3v) is 4.66. The molecule has 1 aromatic carbocycles. The molecule has 3 rings (SSSR count). The minimum absolute atomic E-state index is 0.0642. The molecule has 1 aliphatic rings. The molecule has 2 atom stereocenters. The van der Waals surface area contributed by atoms with Gasteiger partial charge in [0.05, 0.1) is 0 Å². The van der Waals surface area contributed by atoms with Crippen molar-refractivity contribution in [2.45, 2.75) is 52.1 Å². The first-order chi connectivity index (χ1) is 11.1. The molecule has 0 spiro atoms. The van der Waals surface area contributed by atoms with Gasteiger partial charge in [0.15, 0.2) is 6.61 Å². The lowest BCUT2D eigenvalue weighted by atomic mass is 9.97. The highest BCUT2D eigenvalue weighted by atomic mass is 16.5. The maximum Gasteiger partial charge on any atom is 0.260 e. The summed E-state index contributed by atoms with van der Waals surface area (Å²) in [6.07, 6.45) is 3.34. The molecular formula is C19H24N2O2. The third-order valence-electron chi connectivity index (χ3n) is 4.66. The molecular weight excluding hydrogens is 288 g/mol. The molecule has 0 aliphatic carbocycles. The van der Waals surface area contributed by atoms with Crippen molar-refractivity contribution in [1.82, 2.24) is 9.88 Å². The Labute approximate surface area is 137 Å². The highest BCUT2D eigenvalue weighted by Crippen LogP contribution is 2.25. The molecule has 23 heavy (non-hydrogen) atoms. The van der Waals surface area contributed by atoms with Crippen LogP contribution in [0, 0.1) is 6.92 Å². The lowest BCUT2D eigenvalue weighted by Crippen LogP contribution is -2.49. The number of rotatable bonds is 3. The van der Waals surface area contributed by atoms with Crippen molar-refractivity contribution in [3.63, 3.8) is 0 Å². The fraction of sp³-hybridized carbons (Fsp3) is 0.474.